The summed E-state index contributed by atoms with van der Waals surface area (Å²) in [5, 5.41) is 0.944. The zero-order valence-electron chi connectivity index (χ0n) is 11.9. The van der Waals surface area contributed by atoms with Gasteiger partial charge in [0.25, 0.3) is 0 Å². The third-order valence-electron chi connectivity index (χ3n) is 4.40. The van der Waals surface area contributed by atoms with Crippen LogP contribution in [-0.2, 0) is 6.54 Å². The molecule has 1 nitrogen and oxygen atoms in total. The quantitative estimate of drug-likeness (QED) is 0.566. The molecule has 0 radical (unpaired) electrons. The first-order chi connectivity index (χ1) is 9.15. The number of quaternary nitrogens is 1. The Balaban J connectivity index is 2.12. The minimum absolute atomic E-state index is 0.944. The molecule has 1 aliphatic rings. The van der Waals surface area contributed by atoms with Gasteiger partial charge in [-0.15, -0.1) is 0 Å². The molecule has 1 atom stereocenters. The second kappa shape index (κ2) is 7.16. The van der Waals surface area contributed by atoms with E-state index in [0.717, 1.165) is 16.3 Å². The van der Waals surface area contributed by atoms with Crippen LogP contribution in [0.1, 0.15) is 38.2 Å². The second-order valence-electron chi connectivity index (χ2n) is 5.95. The molecule has 1 aromatic carbocycles. The van der Waals surface area contributed by atoms with Gasteiger partial charge in [-0.25, -0.2) is 0 Å². The number of benzene rings is 1. The fraction of sp³-hybridized carbons (Fsp3) is 0.625. The van der Waals surface area contributed by atoms with E-state index in [1.807, 2.05) is 29.0 Å². The summed E-state index contributed by atoms with van der Waals surface area (Å²) < 4.78 is 2.23. The Kier molecular flexibility index (Phi) is 5.81. The van der Waals surface area contributed by atoms with Crippen LogP contribution in [-0.4, -0.2) is 41.0 Å². The summed E-state index contributed by atoms with van der Waals surface area (Å²) in [5.74, 6) is 0. The molecule has 0 bridgehead atoms. The molecule has 0 aliphatic carbocycles. The number of rotatable bonds is 5. The number of halogens is 1. The predicted octanol–water partition coefficient (Wildman–Crippen LogP) is 3.67. The van der Waals surface area contributed by atoms with E-state index >= 15 is 0 Å². The van der Waals surface area contributed by atoms with Gasteiger partial charge in [0.2, 0.25) is 0 Å². The summed E-state index contributed by atoms with van der Waals surface area (Å²) in [6, 6.07) is 8.38. The van der Waals surface area contributed by atoms with Crippen LogP contribution in [0.15, 0.2) is 24.3 Å². The number of unbranched alkanes of at least 4 members (excludes halogenated alkanes) is 1. The molecule has 2 rings (SSSR count). The van der Waals surface area contributed by atoms with Crippen molar-refractivity contribution in [3.8, 4) is 0 Å². The molecule has 1 fully saturated rings. The van der Waals surface area contributed by atoms with Crippen LogP contribution in [0.3, 0.4) is 0 Å². The standard InChI is InChI=1S/C16H26AsClN/c1-2-3-10-19(11-8-15(17)9-12-19)13-14-6-4-5-7-16(14)18/h4-7,15H,2-3,8-13,17H2,1H3/q+1. The summed E-state index contributed by atoms with van der Waals surface area (Å²) in [4.78, 5) is 0. The van der Waals surface area contributed by atoms with Crippen molar-refractivity contribution in [3.05, 3.63) is 34.9 Å². The van der Waals surface area contributed by atoms with Crippen molar-refractivity contribution >= 4 is 28.5 Å². The molecule has 1 aliphatic heterocycles. The fourth-order valence-electron chi connectivity index (χ4n) is 3.08. The average Bonchev–Trinajstić information content (AvgIpc) is 2.42. The Morgan fingerprint density at radius 2 is 1.95 bits per heavy atom. The topological polar surface area (TPSA) is 0 Å². The van der Waals surface area contributed by atoms with Crippen LogP contribution in [0.25, 0.3) is 0 Å². The van der Waals surface area contributed by atoms with E-state index < -0.39 is 0 Å². The zero-order chi connectivity index (χ0) is 13.7. The molecular weight excluding hydrogens is 317 g/mol. The van der Waals surface area contributed by atoms with Gasteiger partial charge in [-0.05, 0) is 0 Å². The minimum atomic E-state index is 0.944. The molecule has 19 heavy (non-hydrogen) atoms. The Hall–Kier alpha value is 0.0284. The summed E-state index contributed by atoms with van der Waals surface area (Å²) in [7, 11) is 0. The van der Waals surface area contributed by atoms with Crippen molar-refractivity contribution in [1.29, 1.82) is 0 Å². The Bertz CT molecular complexity index is 394. The van der Waals surface area contributed by atoms with Gasteiger partial charge in [-0.1, -0.05) is 0 Å². The van der Waals surface area contributed by atoms with Crippen molar-refractivity contribution in [2.45, 2.75) is 43.9 Å². The first kappa shape index (κ1) is 15.4. The van der Waals surface area contributed by atoms with Crippen molar-refractivity contribution in [3.63, 3.8) is 0 Å². The summed E-state index contributed by atoms with van der Waals surface area (Å²) in [5.41, 5.74) is 1.33. The van der Waals surface area contributed by atoms with Gasteiger partial charge in [0.05, 0.1) is 0 Å². The number of hydrogen-bond donors (Lipinski definition) is 0. The number of hydrogen-bond acceptors (Lipinski definition) is 0. The second-order valence-corrected chi connectivity index (χ2v) is 8.34. The number of nitrogens with zero attached hydrogens (tertiary/aromatic N) is 1. The monoisotopic (exact) mass is 342 g/mol. The van der Waals surface area contributed by atoms with E-state index in [0.29, 0.717) is 0 Å². The first-order valence-electron chi connectivity index (χ1n) is 7.49. The maximum atomic E-state index is 6.36. The molecule has 1 unspecified atom stereocenters. The third kappa shape index (κ3) is 4.25. The zero-order valence-corrected chi connectivity index (χ0v) is 15.1. The van der Waals surface area contributed by atoms with Crippen LogP contribution in [0.5, 0.6) is 0 Å². The van der Waals surface area contributed by atoms with Crippen LogP contribution >= 0.6 is 11.6 Å². The van der Waals surface area contributed by atoms with E-state index in [4.69, 9.17) is 11.6 Å². The van der Waals surface area contributed by atoms with Crippen LogP contribution in [0.2, 0.25) is 9.73 Å². The van der Waals surface area contributed by atoms with Crippen molar-refractivity contribution in [2.24, 2.45) is 0 Å². The van der Waals surface area contributed by atoms with Gasteiger partial charge in [0, 0.05) is 0 Å². The van der Waals surface area contributed by atoms with Crippen LogP contribution in [0.4, 0.5) is 0 Å². The molecule has 0 aromatic heterocycles. The predicted molar refractivity (Wildman–Crippen MR) is 86.5 cm³/mol. The van der Waals surface area contributed by atoms with Crippen molar-refractivity contribution < 1.29 is 4.48 Å². The van der Waals surface area contributed by atoms with E-state index in [-0.39, 0.29) is 0 Å². The molecule has 106 valence electrons. The van der Waals surface area contributed by atoms with Gasteiger partial charge >= 0.3 is 131 Å². The van der Waals surface area contributed by atoms with Gasteiger partial charge < -0.3 is 0 Å². The van der Waals surface area contributed by atoms with Gasteiger partial charge in [0.15, 0.2) is 0 Å². The molecule has 1 aromatic rings. The molecule has 0 saturated carbocycles. The van der Waals surface area contributed by atoms with Crippen molar-refractivity contribution in [2.75, 3.05) is 19.6 Å². The van der Waals surface area contributed by atoms with E-state index in [2.05, 4.69) is 19.1 Å². The summed E-state index contributed by atoms with van der Waals surface area (Å²) >= 11 is 8.29. The van der Waals surface area contributed by atoms with Crippen LogP contribution < -0.4 is 0 Å². The summed E-state index contributed by atoms with van der Waals surface area (Å²) in [6.45, 7) is 7.42. The normalized spacial score (nSPS) is 27.4. The van der Waals surface area contributed by atoms with E-state index in [9.17, 15) is 0 Å². The van der Waals surface area contributed by atoms with Crippen molar-refractivity contribution in [1.82, 2.24) is 0 Å². The molecule has 0 spiro atoms. The Morgan fingerprint density at radius 1 is 1.26 bits per heavy atom. The van der Waals surface area contributed by atoms with Gasteiger partial charge in [-0.2, -0.15) is 0 Å². The molecule has 3 heteroatoms. The maximum absolute atomic E-state index is 6.36. The fourth-order valence-corrected chi connectivity index (χ4v) is 3.90. The molecule has 1 heterocycles. The van der Waals surface area contributed by atoms with Crippen LogP contribution in [0, 0.1) is 0 Å². The number of piperidine rings is 1. The van der Waals surface area contributed by atoms with Gasteiger partial charge in [-0.3, -0.25) is 0 Å². The van der Waals surface area contributed by atoms with E-state index in [1.165, 1.54) is 55.4 Å². The molecule has 0 amide bonds. The molecule has 1 saturated heterocycles. The number of likely N-dealkylation sites (tertiary alicyclic amines) is 1. The molecule has 0 N–H and O–H groups in total. The first-order valence-corrected chi connectivity index (χ1v) is 9.27. The Morgan fingerprint density at radius 3 is 2.58 bits per heavy atom. The third-order valence-corrected chi connectivity index (χ3v) is 6.17. The Labute approximate surface area is 131 Å². The average molecular weight is 343 g/mol. The SMILES string of the molecule is CCCC[N+]1(Cc2ccccc2Cl)CCC([AsH2])CC1. The van der Waals surface area contributed by atoms with E-state index in [1.54, 1.807) is 0 Å². The summed E-state index contributed by atoms with van der Waals surface area (Å²) in [6.07, 6.45) is 5.42. The molecular formula is C16H26AsClN+. The van der Waals surface area contributed by atoms with Gasteiger partial charge in [0.1, 0.15) is 0 Å².